The Bertz CT molecular complexity index is 458. The van der Waals surface area contributed by atoms with E-state index in [0.29, 0.717) is 30.3 Å². The predicted molar refractivity (Wildman–Crippen MR) is 82.2 cm³/mol. The van der Waals surface area contributed by atoms with E-state index >= 15 is 0 Å². The lowest BCUT2D eigenvalue weighted by Crippen LogP contribution is -2.43. The summed E-state index contributed by atoms with van der Waals surface area (Å²) in [4.78, 5) is 12.5. The number of Topliss-reactive ketones (excluding diaryl/α,β-unsaturated/α-hetero) is 1. The van der Waals surface area contributed by atoms with Gasteiger partial charge in [-0.1, -0.05) is 0 Å². The highest BCUT2D eigenvalue weighted by Crippen LogP contribution is 2.29. The highest BCUT2D eigenvalue weighted by Gasteiger charge is 2.23. The molecule has 5 heteroatoms. The first-order valence-corrected chi connectivity index (χ1v) is 8.16. The maximum atomic E-state index is 12.5. The van der Waals surface area contributed by atoms with Gasteiger partial charge < -0.3 is 14.8 Å². The second-order valence-electron chi connectivity index (χ2n) is 4.47. The number of benzene rings is 1. The van der Waals surface area contributed by atoms with Crippen molar-refractivity contribution < 1.29 is 14.3 Å². The lowest BCUT2D eigenvalue weighted by atomic mass is 10.0. The van der Waals surface area contributed by atoms with Gasteiger partial charge >= 0.3 is 0 Å². The van der Waals surface area contributed by atoms with Crippen LogP contribution in [0.15, 0.2) is 18.2 Å². The van der Waals surface area contributed by atoms with Crippen molar-refractivity contribution in [3.8, 4) is 11.5 Å². The van der Waals surface area contributed by atoms with Crippen molar-refractivity contribution in [1.29, 1.82) is 0 Å². The molecule has 1 aliphatic rings. The zero-order valence-electron chi connectivity index (χ0n) is 12.0. The summed E-state index contributed by atoms with van der Waals surface area (Å²) in [5.41, 5.74) is 0.678. The molecule has 2 rings (SSSR count). The standard InChI is InChI=1S/C15H21NO3S/c1-3-18-13-6-5-11(9-14(13)19-4-2)15(17)12-10-20-8-7-16-12/h5-6,9,12,16H,3-4,7-8,10H2,1-2H3. The van der Waals surface area contributed by atoms with Gasteiger partial charge in [0, 0.05) is 23.6 Å². The van der Waals surface area contributed by atoms with Gasteiger partial charge in [0.1, 0.15) is 0 Å². The fourth-order valence-electron chi connectivity index (χ4n) is 2.14. The number of ketones is 1. The maximum absolute atomic E-state index is 12.5. The van der Waals surface area contributed by atoms with E-state index in [1.54, 1.807) is 6.07 Å². The number of hydrogen-bond acceptors (Lipinski definition) is 5. The molecule has 1 unspecified atom stereocenters. The van der Waals surface area contributed by atoms with Crippen LogP contribution < -0.4 is 14.8 Å². The monoisotopic (exact) mass is 295 g/mol. The molecule has 1 aromatic carbocycles. The summed E-state index contributed by atoms with van der Waals surface area (Å²) >= 11 is 1.81. The highest BCUT2D eigenvalue weighted by atomic mass is 32.2. The van der Waals surface area contributed by atoms with Crippen LogP contribution in [0.3, 0.4) is 0 Å². The SMILES string of the molecule is CCOc1ccc(C(=O)C2CSCCN2)cc1OCC. The van der Waals surface area contributed by atoms with Crippen LogP contribution in [0.2, 0.25) is 0 Å². The number of rotatable bonds is 6. The summed E-state index contributed by atoms with van der Waals surface area (Å²) < 4.78 is 11.1. The van der Waals surface area contributed by atoms with Gasteiger partial charge in [-0.05, 0) is 32.0 Å². The van der Waals surface area contributed by atoms with E-state index in [9.17, 15) is 4.79 Å². The molecule has 0 aliphatic carbocycles. The summed E-state index contributed by atoms with van der Waals surface area (Å²) in [6.45, 7) is 5.86. The molecule has 1 atom stereocenters. The predicted octanol–water partition coefficient (Wildman–Crippen LogP) is 2.37. The summed E-state index contributed by atoms with van der Waals surface area (Å²) in [7, 11) is 0. The van der Waals surface area contributed by atoms with Crippen molar-refractivity contribution >= 4 is 17.5 Å². The molecule has 1 heterocycles. The van der Waals surface area contributed by atoms with E-state index in [4.69, 9.17) is 9.47 Å². The third-order valence-electron chi connectivity index (χ3n) is 3.07. The van der Waals surface area contributed by atoms with Gasteiger partial charge in [-0.2, -0.15) is 11.8 Å². The molecule has 0 radical (unpaired) electrons. The lowest BCUT2D eigenvalue weighted by Gasteiger charge is -2.22. The first-order valence-electron chi connectivity index (χ1n) is 7.01. The van der Waals surface area contributed by atoms with Crippen molar-refractivity contribution in [3.63, 3.8) is 0 Å². The zero-order chi connectivity index (χ0) is 14.4. The van der Waals surface area contributed by atoms with E-state index in [2.05, 4.69) is 5.32 Å². The van der Waals surface area contributed by atoms with Gasteiger partial charge in [0.2, 0.25) is 0 Å². The molecule has 1 saturated heterocycles. The molecule has 1 fully saturated rings. The van der Waals surface area contributed by atoms with Crippen LogP contribution in [-0.2, 0) is 0 Å². The maximum Gasteiger partial charge on any atom is 0.180 e. The molecule has 20 heavy (non-hydrogen) atoms. The molecule has 0 spiro atoms. The van der Waals surface area contributed by atoms with Crippen molar-refractivity contribution in [1.82, 2.24) is 5.32 Å². The number of thioether (sulfide) groups is 1. The van der Waals surface area contributed by atoms with Crippen LogP contribution in [0.25, 0.3) is 0 Å². The van der Waals surface area contributed by atoms with Crippen LogP contribution in [0.4, 0.5) is 0 Å². The zero-order valence-corrected chi connectivity index (χ0v) is 12.8. The van der Waals surface area contributed by atoms with Gasteiger partial charge in [0.05, 0.1) is 19.3 Å². The fraction of sp³-hybridized carbons (Fsp3) is 0.533. The second kappa shape index (κ2) is 7.55. The van der Waals surface area contributed by atoms with Crippen LogP contribution >= 0.6 is 11.8 Å². The van der Waals surface area contributed by atoms with Crippen molar-refractivity contribution in [3.05, 3.63) is 23.8 Å². The summed E-state index contributed by atoms with van der Waals surface area (Å²) in [5, 5.41) is 3.27. The van der Waals surface area contributed by atoms with E-state index in [0.717, 1.165) is 18.1 Å². The number of nitrogens with one attached hydrogen (secondary N) is 1. The van der Waals surface area contributed by atoms with E-state index in [1.807, 2.05) is 37.7 Å². The Morgan fingerprint density at radius 2 is 2.05 bits per heavy atom. The third-order valence-corrected chi connectivity index (χ3v) is 4.13. The first-order chi connectivity index (χ1) is 9.76. The highest BCUT2D eigenvalue weighted by molar-refractivity contribution is 7.99. The summed E-state index contributed by atoms with van der Waals surface area (Å²) in [6, 6.07) is 5.33. The molecule has 1 aliphatic heterocycles. The first kappa shape index (κ1) is 15.2. The summed E-state index contributed by atoms with van der Waals surface area (Å²) in [6.07, 6.45) is 0. The van der Waals surface area contributed by atoms with Crippen molar-refractivity contribution in [2.45, 2.75) is 19.9 Å². The minimum absolute atomic E-state index is 0.0961. The van der Waals surface area contributed by atoms with E-state index < -0.39 is 0 Å². The topological polar surface area (TPSA) is 47.6 Å². The number of ether oxygens (including phenoxy) is 2. The number of carbonyl (C=O) groups is 1. The molecule has 0 aromatic heterocycles. The van der Waals surface area contributed by atoms with Crippen molar-refractivity contribution in [2.24, 2.45) is 0 Å². The Morgan fingerprint density at radius 1 is 1.30 bits per heavy atom. The normalized spacial score (nSPS) is 18.6. The van der Waals surface area contributed by atoms with Gasteiger partial charge in [-0.15, -0.1) is 0 Å². The Kier molecular flexibility index (Phi) is 5.73. The minimum atomic E-state index is -0.0961. The van der Waals surface area contributed by atoms with Crippen LogP contribution in [0.5, 0.6) is 11.5 Å². The Balaban J connectivity index is 2.18. The van der Waals surface area contributed by atoms with Crippen LogP contribution in [0.1, 0.15) is 24.2 Å². The number of hydrogen-bond donors (Lipinski definition) is 1. The third kappa shape index (κ3) is 3.67. The average molecular weight is 295 g/mol. The number of carbonyl (C=O) groups excluding carboxylic acids is 1. The summed E-state index contributed by atoms with van der Waals surface area (Å²) in [5.74, 6) is 3.36. The fourth-order valence-corrected chi connectivity index (χ4v) is 3.07. The molecule has 0 bridgehead atoms. The van der Waals surface area contributed by atoms with Crippen LogP contribution in [-0.4, -0.2) is 43.1 Å². The largest absolute Gasteiger partial charge is 0.490 e. The Morgan fingerprint density at radius 3 is 2.70 bits per heavy atom. The smallest absolute Gasteiger partial charge is 0.180 e. The molecule has 110 valence electrons. The van der Waals surface area contributed by atoms with Gasteiger partial charge in [0.15, 0.2) is 17.3 Å². The molecule has 0 amide bonds. The molecule has 1 aromatic rings. The van der Waals surface area contributed by atoms with Gasteiger partial charge in [-0.3, -0.25) is 4.79 Å². The molecule has 0 saturated carbocycles. The second-order valence-corrected chi connectivity index (χ2v) is 5.62. The molecular formula is C15H21NO3S. The van der Waals surface area contributed by atoms with Crippen LogP contribution in [0, 0.1) is 0 Å². The van der Waals surface area contributed by atoms with Crippen molar-refractivity contribution in [2.75, 3.05) is 31.3 Å². The molecular weight excluding hydrogens is 274 g/mol. The quantitative estimate of drug-likeness (QED) is 0.817. The van der Waals surface area contributed by atoms with Gasteiger partial charge in [-0.25, -0.2) is 0 Å². The molecule has 4 nitrogen and oxygen atoms in total. The Labute approximate surface area is 124 Å². The van der Waals surface area contributed by atoms with E-state index in [-0.39, 0.29) is 11.8 Å². The molecule has 1 N–H and O–H groups in total. The van der Waals surface area contributed by atoms with Gasteiger partial charge in [0.25, 0.3) is 0 Å². The lowest BCUT2D eigenvalue weighted by molar-refractivity contribution is 0.0952. The minimum Gasteiger partial charge on any atom is -0.490 e. The average Bonchev–Trinajstić information content (AvgIpc) is 2.50. The van der Waals surface area contributed by atoms with E-state index in [1.165, 1.54) is 0 Å². The Hall–Kier alpha value is -1.20.